The molecule has 1 fully saturated rings. The average Bonchev–Trinajstić information content (AvgIpc) is 2.72. The van der Waals surface area contributed by atoms with E-state index in [2.05, 4.69) is 4.90 Å². The lowest BCUT2D eigenvalue weighted by atomic mass is 10.2. The van der Waals surface area contributed by atoms with Crippen molar-refractivity contribution in [3.05, 3.63) is 65.5 Å². The van der Waals surface area contributed by atoms with Gasteiger partial charge in [-0.1, -0.05) is 24.3 Å². The van der Waals surface area contributed by atoms with Crippen LogP contribution in [0.4, 0.5) is 10.1 Å². The standard InChI is InChI=1S/C20H23FN4O4S/c1-15-5-4-6-16(13-15)24-9-11-25(12-10-24)30(28,29)14-19(26)22-23-20(27)17-7-2-3-8-18(17)21/h2-8,13H,9-12,14H2,1H3,(H,22,26)(H,23,27). The normalized spacial score (nSPS) is 14.9. The minimum absolute atomic E-state index is 0.255. The third kappa shape index (κ3) is 5.33. The number of benzene rings is 2. The number of halogens is 1. The molecule has 8 nitrogen and oxygen atoms in total. The molecule has 2 N–H and O–H groups in total. The summed E-state index contributed by atoms with van der Waals surface area (Å²) < 4.78 is 39.9. The smallest absolute Gasteiger partial charge is 0.272 e. The number of hydrazine groups is 1. The summed E-state index contributed by atoms with van der Waals surface area (Å²) in [6.45, 7) is 3.52. The van der Waals surface area contributed by atoms with Gasteiger partial charge in [-0.05, 0) is 36.8 Å². The molecule has 0 spiro atoms. The van der Waals surface area contributed by atoms with Crippen LogP contribution in [0.3, 0.4) is 0 Å². The SMILES string of the molecule is Cc1cccc(N2CCN(S(=O)(=O)CC(=O)NNC(=O)c3ccccc3F)CC2)c1. The molecule has 3 rings (SSSR count). The second kappa shape index (κ2) is 9.23. The van der Waals surface area contributed by atoms with E-state index in [1.165, 1.54) is 22.5 Å². The van der Waals surface area contributed by atoms with Gasteiger partial charge < -0.3 is 4.90 Å². The topological polar surface area (TPSA) is 98.8 Å². The van der Waals surface area contributed by atoms with E-state index in [9.17, 15) is 22.4 Å². The zero-order valence-corrected chi connectivity index (χ0v) is 17.3. The Morgan fingerprint density at radius 2 is 1.70 bits per heavy atom. The Morgan fingerprint density at radius 3 is 2.37 bits per heavy atom. The lowest BCUT2D eigenvalue weighted by Gasteiger charge is -2.35. The van der Waals surface area contributed by atoms with Crippen LogP contribution < -0.4 is 15.8 Å². The number of hydrogen-bond acceptors (Lipinski definition) is 5. The van der Waals surface area contributed by atoms with Crippen LogP contribution in [0.25, 0.3) is 0 Å². The molecule has 1 saturated heterocycles. The predicted molar refractivity (Wildman–Crippen MR) is 111 cm³/mol. The Bertz CT molecular complexity index is 1040. The van der Waals surface area contributed by atoms with Crippen molar-refractivity contribution in [1.82, 2.24) is 15.2 Å². The van der Waals surface area contributed by atoms with Crippen molar-refractivity contribution >= 4 is 27.5 Å². The Hall–Kier alpha value is -2.98. The summed E-state index contributed by atoms with van der Waals surface area (Å²) in [6, 6.07) is 13.2. The number of piperazine rings is 1. The largest absolute Gasteiger partial charge is 0.369 e. The van der Waals surface area contributed by atoms with Gasteiger partial charge in [-0.25, -0.2) is 12.8 Å². The van der Waals surface area contributed by atoms with E-state index in [1.807, 2.05) is 42.0 Å². The van der Waals surface area contributed by atoms with E-state index in [1.54, 1.807) is 0 Å². The van der Waals surface area contributed by atoms with Crippen molar-refractivity contribution in [2.45, 2.75) is 6.92 Å². The van der Waals surface area contributed by atoms with Crippen LogP contribution in [-0.4, -0.2) is 56.5 Å². The first-order valence-corrected chi connectivity index (χ1v) is 11.0. The quantitative estimate of drug-likeness (QED) is 0.686. The molecule has 0 atom stereocenters. The van der Waals surface area contributed by atoms with Crippen molar-refractivity contribution in [1.29, 1.82) is 0 Å². The van der Waals surface area contributed by atoms with E-state index >= 15 is 0 Å². The number of anilines is 1. The van der Waals surface area contributed by atoms with E-state index in [0.717, 1.165) is 17.3 Å². The molecule has 1 aliphatic rings. The third-order valence-electron chi connectivity index (χ3n) is 4.75. The molecule has 1 heterocycles. The minimum Gasteiger partial charge on any atom is -0.369 e. The highest BCUT2D eigenvalue weighted by Gasteiger charge is 2.29. The van der Waals surface area contributed by atoms with Gasteiger partial charge in [0.05, 0.1) is 5.56 Å². The fraction of sp³-hybridized carbons (Fsp3) is 0.300. The predicted octanol–water partition coefficient (Wildman–Crippen LogP) is 1.05. The molecule has 0 aromatic heterocycles. The molecule has 2 aromatic carbocycles. The van der Waals surface area contributed by atoms with E-state index in [4.69, 9.17) is 0 Å². The molecule has 2 aromatic rings. The molecular weight excluding hydrogens is 411 g/mol. The van der Waals surface area contributed by atoms with Gasteiger partial charge in [0.2, 0.25) is 10.0 Å². The number of hydrogen-bond donors (Lipinski definition) is 2. The fourth-order valence-corrected chi connectivity index (χ4v) is 4.49. The number of carbonyl (C=O) groups excluding carboxylic acids is 2. The number of nitrogens with zero attached hydrogens (tertiary/aromatic N) is 2. The maximum absolute atomic E-state index is 13.6. The molecule has 0 saturated carbocycles. The third-order valence-corrected chi connectivity index (χ3v) is 6.53. The van der Waals surface area contributed by atoms with E-state index in [0.29, 0.717) is 13.1 Å². The summed E-state index contributed by atoms with van der Waals surface area (Å²) in [6.07, 6.45) is 0. The van der Waals surface area contributed by atoms with Gasteiger partial charge in [0, 0.05) is 31.9 Å². The van der Waals surface area contributed by atoms with E-state index < -0.39 is 33.4 Å². The molecule has 0 radical (unpaired) electrons. The van der Waals surface area contributed by atoms with Gasteiger partial charge in [0.25, 0.3) is 11.8 Å². The van der Waals surface area contributed by atoms with Crippen LogP contribution in [-0.2, 0) is 14.8 Å². The number of amides is 2. The number of sulfonamides is 1. The Labute approximate surface area is 174 Å². The average molecular weight is 434 g/mol. The Morgan fingerprint density at radius 1 is 1.00 bits per heavy atom. The van der Waals surface area contributed by atoms with E-state index in [-0.39, 0.29) is 18.7 Å². The van der Waals surface area contributed by atoms with Gasteiger partial charge in [0.15, 0.2) is 0 Å². The van der Waals surface area contributed by atoms with Gasteiger partial charge in [-0.3, -0.25) is 20.4 Å². The van der Waals surface area contributed by atoms with Gasteiger partial charge in [0.1, 0.15) is 11.6 Å². The second-order valence-electron chi connectivity index (χ2n) is 6.96. The first kappa shape index (κ1) is 21.7. The Kier molecular flexibility index (Phi) is 6.68. The summed E-state index contributed by atoms with van der Waals surface area (Å²) >= 11 is 0. The zero-order valence-electron chi connectivity index (χ0n) is 16.5. The molecule has 0 unspecified atom stereocenters. The maximum Gasteiger partial charge on any atom is 0.272 e. The summed E-state index contributed by atoms with van der Waals surface area (Å²) in [5, 5.41) is 0. The minimum atomic E-state index is -3.85. The summed E-state index contributed by atoms with van der Waals surface area (Å²) in [5.74, 6) is -3.33. The van der Waals surface area contributed by atoms with Crippen molar-refractivity contribution in [2.24, 2.45) is 0 Å². The number of nitrogens with one attached hydrogen (secondary N) is 2. The lowest BCUT2D eigenvalue weighted by molar-refractivity contribution is -0.119. The van der Waals surface area contributed by atoms with Crippen LogP contribution in [0.15, 0.2) is 48.5 Å². The highest BCUT2D eigenvalue weighted by Crippen LogP contribution is 2.19. The Balaban J connectivity index is 1.51. The second-order valence-corrected chi connectivity index (χ2v) is 8.93. The van der Waals surface area contributed by atoms with Crippen molar-refractivity contribution in [2.75, 3.05) is 36.8 Å². The summed E-state index contributed by atoms with van der Waals surface area (Å²) in [4.78, 5) is 26.0. The lowest BCUT2D eigenvalue weighted by Crippen LogP contribution is -2.52. The summed E-state index contributed by atoms with van der Waals surface area (Å²) in [5.41, 5.74) is 5.95. The number of carbonyl (C=O) groups is 2. The highest BCUT2D eigenvalue weighted by molar-refractivity contribution is 7.89. The van der Waals surface area contributed by atoms with Crippen molar-refractivity contribution in [3.63, 3.8) is 0 Å². The molecule has 30 heavy (non-hydrogen) atoms. The van der Waals surface area contributed by atoms with Crippen LogP contribution >= 0.6 is 0 Å². The number of rotatable bonds is 5. The van der Waals surface area contributed by atoms with Crippen LogP contribution in [0.5, 0.6) is 0 Å². The monoisotopic (exact) mass is 434 g/mol. The first-order chi connectivity index (χ1) is 14.3. The molecular formula is C20H23FN4O4S. The van der Waals surface area contributed by atoms with Gasteiger partial charge in [-0.2, -0.15) is 4.31 Å². The molecule has 160 valence electrons. The molecule has 0 aliphatic carbocycles. The highest BCUT2D eigenvalue weighted by atomic mass is 32.2. The van der Waals surface area contributed by atoms with Crippen LogP contribution in [0.2, 0.25) is 0 Å². The molecule has 1 aliphatic heterocycles. The van der Waals surface area contributed by atoms with Crippen LogP contribution in [0, 0.1) is 12.7 Å². The van der Waals surface area contributed by atoms with Crippen molar-refractivity contribution < 1.29 is 22.4 Å². The van der Waals surface area contributed by atoms with Gasteiger partial charge in [-0.15, -0.1) is 0 Å². The van der Waals surface area contributed by atoms with Crippen molar-refractivity contribution in [3.8, 4) is 0 Å². The fourth-order valence-electron chi connectivity index (χ4n) is 3.18. The summed E-state index contributed by atoms with van der Waals surface area (Å²) in [7, 11) is -3.85. The zero-order chi connectivity index (χ0) is 21.7. The van der Waals surface area contributed by atoms with Gasteiger partial charge >= 0.3 is 0 Å². The first-order valence-electron chi connectivity index (χ1n) is 9.39. The van der Waals surface area contributed by atoms with Crippen LogP contribution in [0.1, 0.15) is 15.9 Å². The molecule has 0 bridgehead atoms. The number of aryl methyl sites for hydroxylation is 1. The maximum atomic E-state index is 13.6. The molecule has 10 heteroatoms. The molecule has 2 amide bonds.